The highest BCUT2D eigenvalue weighted by Crippen LogP contribution is 2.24. The van der Waals surface area contributed by atoms with Crippen LogP contribution in [0, 0.1) is 0 Å². The third-order valence-electron chi connectivity index (χ3n) is 3.42. The Morgan fingerprint density at radius 1 is 1.24 bits per heavy atom. The van der Waals surface area contributed by atoms with Gasteiger partial charge in [-0.05, 0) is 28.0 Å². The van der Waals surface area contributed by atoms with E-state index >= 15 is 0 Å². The van der Waals surface area contributed by atoms with Crippen molar-refractivity contribution in [3.05, 3.63) is 57.8 Å². The van der Waals surface area contributed by atoms with Gasteiger partial charge in [-0.3, -0.25) is 10.1 Å². The largest absolute Gasteiger partial charge is 0.480 e. The lowest BCUT2D eigenvalue weighted by Gasteiger charge is -2.20. The molecule has 1 aromatic heterocycles. The predicted molar refractivity (Wildman–Crippen MR) is 86.7 cm³/mol. The van der Waals surface area contributed by atoms with E-state index in [0.717, 1.165) is 10.4 Å². The van der Waals surface area contributed by atoms with Crippen molar-refractivity contribution in [3.8, 4) is 0 Å². The van der Waals surface area contributed by atoms with Crippen LogP contribution in [0.3, 0.4) is 0 Å². The van der Waals surface area contributed by atoms with Crippen LogP contribution in [0.4, 0.5) is 0 Å². The first-order chi connectivity index (χ1) is 9.88. The quantitative estimate of drug-likeness (QED) is 0.879. The van der Waals surface area contributed by atoms with Crippen molar-refractivity contribution in [2.24, 2.45) is 0 Å². The molecule has 3 nitrogen and oxygen atoms in total. The maximum atomic E-state index is 11.5. The van der Waals surface area contributed by atoms with E-state index in [9.17, 15) is 9.90 Å². The van der Waals surface area contributed by atoms with Crippen molar-refractivity contribution < 1.29 is 9.90 Å². The van der Waals surface area contributed by atoms with Crippen LogP contribution in [0.5, 0.6) is 0 Å². The molecule has 1 aromatic carbocycles. The smallest absolute Gasteiger partial charge is 0.325 e. The van der Waals surface area contributed by atoms with Crippen molar-refractivity contribution in [3.63, 3.8) is 0 Å². The number of hydrogen-bond donors (Lipinski definition) is 2. The SMILES string of the molecule is CC(C)(C)c1ccc(C(NCc2cccs2)C(=O)O)cc1. The fourth-order valence-corrected chi connectivity index (χ4v) is 2.79. The molecule has 0 aliphatic rings. The van der Waals surface area contributed by atoms with Gasteiger partial charge in [-0.25, -0.2) is 0 Å². The first kappa shape index (κ1) is 15.7. The van der Waals surface area contributed by atoms with Crippen molar-refractivity contribution in [2.75, 3.05) is 0 Å². The minimum atomic E-state index is -0.852. The number of benzene rings is 1. The highest BCUT2D eigenvalue weighted by molar-refractivity contribution is 7.09. The van der Waals surface area contributed by atoms with Crippen LogP contribution >= 0.6 is 11.3 Å². The normalized spacial score (nSPS) is 13.1. The molecule has 0 bridgehead atoms. The van der Waals surface area contributed by atoms with Gasteiger partial charge < -0.3 is 5.11 Å². The van der Waals surface area contributed by atoms with E-state index in [2.05, 4.69) is 26.1 Å². The summed E-state index contributed by atoms with van der Waals surface area (Å²) in [6.45, 7) is 7.00. The van der Waals surface area contributed by atoms with Gasteiger partial charge in [0, 0.05) is 11.4 Å². The van der Waals surface area contributed by atoms with Crippen LogP contribution in [0.1, 0.15) is 42.8 Å². The Morgan fingerprint density at radius 3 is 2.38 bits per heavy atom. The zero-order chi connectivity index (χ0) is 15.5. The van der Waals surface area contributed by atoms with Crippen LogP contribution < -0.4 is 5.32 Å². The molecule has 1 atom stereocenters. The molecule has 0 aliphatic carbocycles. The van der Waals surface area contributed by atoms with E-state index in [1.165, 1.54) is 5.56 Å². The average molecular weight is 303 g/mol. The monoisotopic (exact) mass is 303 g/mol. The second-order valence-corrected chi connectivity index (χ2v) is 7.14. The van der Waals surface area contributed by atoms with Crippen molar-refractivity contribution in [2.45, 2.75) is 38.8 Å². The van der Waals surface area contributed by atoms with Gasteiger partial charge in [0.25, 0.3) is 0 Å². The first-order valence-corrected chi connectivity index (χ1v) is 7.85. The number of hydrogen-bond acceptors (Lipinski definition) is 3. The highest BCUT2D eigenvalue weighted by atomic mass is 32.1. The molecular weight excluding hydrogens is 282 g/mol. The third kappa shape index (κ3) is 4.16. The zero-order valence-corrected chi connectivity index (χ0v) is 13.4. The van der Waals surface area contributed by atoms with Crippen LogP contribution in [0.2, 0.25) is 0 Å². The molecule has 2 aromatic rings. The summed E-state index contributed by atoms with van der Waals surface area (Å²) in [7, 11) is 0. The second-order valence-electron chi connectivity index (χ2n) is 6.10. The number of aliphatic carboxylic acids is 1. The van der Waals surface area contributed by atoms with Gasteiger partial charge in [0.2, 0.25) is 0 Å². The van der Waals surface area contributed by atoms with Crippen LogP contribution in [0.25, 0.3) is 0 Å². The second kappa shape index (κ2) is 6.41. The summed E-state index contributed by atoms with van der Waals surface area (Å²) in [5.41, 5.74) is 2.06. The van der Waals surface area contributed by atoms with Crippen LogP contribution in [-0.4, -0.2) is 11.1 Å². The van der Waals surface area contributed by atoms with Gasteiger partial charge >= 0.3 is 5.97 Å². The Labute approximate surface area is 129 Å². The van der Waals surface area contributed by atoms with Crippen molar-refractivity contribution in [1.82, 2.24) is 5.32 Å². The summed E-state index contributed by atoms with van der Waals surface area (Å²) in [6, 6.07) is 11.1. The molecule has 21 heavy (non-hydrogen) atoms. The molecule has 0 saturated carbocycles. The molecular formula is C17H21NO2S. The number of rotatable bonds is 5. The molecule has 0 spiro atoms. The van der Waals surface area contributed by atoms with E-state index in [1.54, 1.807) is 11.3 Å². The molecule has 0 radical (unpaired) electrons. The Kier molecular flexibility index (Phi) is 4.80. The molecule has 4 heteroatoms. The van der Waals surface area contributed by atoms with E-state index < -0.39 is 12.0 Å². The van der Waals surface area contributed by atoms with Gasteiger partial charge in [-0.2, -0.15) is 0 Å². The van der Waals surface area contributed by atoms with E-state index in [4.69, 9.17) is 0 Å². The fourth-order valence-electron chi connectivity index (χ4n) is 2.14. The maximum Gasteiger partial charge on any atom is 0.325 e. The molecule has 0 amide bonds. The van der Waals surface area contributed by atoms with Gasteiger partial charge in [-0.15, -0.1) is 11.3 Å². The van der Waals surface area contributed by atoms with Crippen LogP contribution in [0.15, 0.2) is 41.8 Å². The molecule has 0 aliphatic heterocycles. The highest BCUT2D eigenvalue weighted by Gasteiger charge is 2.20. The Morgan fingerprint density at radius 2 is 1.90 bits per heavy atom. The molecule has 0 fully saturated rings. The maximum absolute atomic E-state index is 11.5. The minimum absolute atomic E-state index is 0.0711. The van der Waals surface area contributed by atoms with Crippen molar-refractivity contribution >= 4 is 17.3 Å². The number of nitrogens with one attached hydrogen (secondary N) is 1. The predicted octanol–water partition coefficient (Wildman–Crippen LogP) is 3.96. The standard InChI is InChI=1S/C17H21NO2S/c1-17(2,3)13-8-6-12(7-9-13)15(16(19)20)18-11-14-5-4-10-21-14/h4-10,15,18H,11H2,1-3H3,(H,19,20). The molecule has 2 rings (SSSR count). The molecule has 112 valence electrons. The van der Waals surface area contributed by atoms with Gasteiger partial charge in [0.1, 0.15) is 6.04 Å². The van der Waals surface area contributed by atoms with E-state index in [1.807, 2.05) is 41.8 Å². The molecule has 1 heterocycles. The number of carbonyl (C=O) groups is 1. The van der Waals surface area contributed by atoms with Crippen LogP contribution in [-0.2, 0) is 16.8 Å². The van der Waals surface area contributed by atoms with E-state index in [0.29, 0.717) is 6.54 Å². The fraction of sp³-hybridized carbons (Fsp3) is 0.353. The average Bonchev–Trinajstić information content (AvgIpc) is 2.91. The number of carboxylic acids is 1. The summed E-state index contributed by atoms with van der Waals surface area (Å²) < 4.78 is 0. The van der Waals surface area contributed by atoms with Gasteiger partial charge in [0.15, 0.2) is 0 Å². The van der Waals surface area contributed by atoms with Gasteiger partial charge in [-0.1, -0.05) is 51.1 Å². The molecule has 0 saturated heterocycles. The summed E-state index contributed by atoms with van der Waals surface area (Å²) in [5.74, 6) is -0.852. The zero-order valence-electron chi connectivity index (χ0n) is 12.6. The molecule has 2 N–H and O–H groups in total. The number of carboxylic acid groups (broad SMARTS) is 1. The lowest BCUT2D eigenvalue weighted by Crippen LogP contribution is -2.28. The minimum Gasteiger partial charge on any atom is -0.480 e. The first-order valence-electron chi connectivity index (χ1n) is 6.97. The summed E-state index contributed by atoms with van der Waals surface area (Å²) in [5, 5.41) is 14.5. The van der Waals surface area contributed by atoms with E-state index in [-0.39, 0.29) is 5.41 Å². The van der Waals surface area contributed by atoms with Gasteiger partial charge in [0.05, 0.1) is 0 Å². The topological polar surface area (TPSA) is 49.3 Å². The summed E-state index contributed by atoms with van der Waals surface area (Å²) in [4.78, 5) is 12.6. The summed E-state index contributed by atoms with van der Waals surface area (Å²) in [6.07, 6.45) is 0. The number of thiophene rings is 1. The van der Waals surface area contributed by atoms with Crippen molar-refractivity contribution in [1.29, 1.82) is 0 Å². The summed E-state index contributed by atoms with van der Waals surface area (Å²) >= 11 is 1.62. The lowest BCUT2D eigenvalue weighted by atomic mass is 9.86. The Bertz CT molecular complexity index is 582. The molecule has 1 unspecified atom stereocenters. The third-order valence-corrected chi connectivity index (χ3v) is 4.29. The Balaban J connectivity index is 2.12. The Hall–Kier alpha value is -1.65. The lowest BCUT2D eigenvalue weighted by molar-refractivity contribution is -0.139.